The molecule has 6 N–H and O–H groups in total. The minimum atomic E-state index is -0.875. The summed E-state index contributed by atoms with van der Waals surface area (Å²) in [5.74, 6) is 0.560. The van der Waals surface area contributed by atoms with Gasteiger partial charge in [-0.25, -0.2) is 19.6 Å². The number of halogens is 1. The number of benzene rings is 1. The van der Waals surface area contributed by atoms with Crippen LogP contribution in [0.2, 0.25) is 5.02 Å². The van der Waals surface area contributed by atoms with Crippen LogP contribution in [0.3, 0.4) is 0 Å². The number of anilines is 2. The van der Waals surface area contributed by atoms with Crippen LogP contribution < -0.4 is 21.3 Å². The second-order valence-corrected chi connectivity index (χ2v) is 22.8. The number of nitrogens with two attached hydrogens (primary N) is 1. The Labute approximate surface area is 448 Å². The van der Waals surface area contributed by atoms with Gasteiger partial charge in [0.05, 0.1) is 41.4 Å². The number of aryl methyl sites for hydroxylation is 2. The van der Waals surface area contributed by atoms with Crippen molar-refractivity contribution in [2.24, 2.45) is 17.6 Å². The minimum absolute atomic E-state index is 0.0445. The molecule has 402 valence electrons. The third kappa shape index (κ3) is 12.6. The number of aromatic nitrogens is 8. The van der Waals surface area contributed by atoms with Crippen LogP contribution in [-0.2, 0) is 27.5 Å². The molecular weight excluding hydrogens is 994 g/mol. The first-order valence-corrected chi connectivity index (χ1v) is 27.7. The van der Waals surface area contributed by atoms with Gasteiger partial charge in [-0.2, -0.15) is 5.10 Å². The van der Waals surface area contributed by atoms with Gasteiger partial charge in [0.2, 0.25) is 17.7 Å². The summed E-state index contributed by atoms with van der Waals surface area (Å²) in [4.78, 5) is 65.5. The van der Waals surface area contributed by atoms with Gasteiger partial charge in [-0.05, 0) is 102 Å². The van der Waals surface area contributed by atoms with Crippen LogP contribution in [0.4, 0.5) is 11.6 Å². The molecule has 0 bridgehead atoms. The van der Waals surface area contributed by atoms with Crippen molar-refractivity contribution in [2.75, 3.05) is 62.6 Å². The Morgan fingerprint density at radius 1 is 0.973 bits per heavy atom. The molecule has 4 aliphatic heterocycles. The Balaban J connectivity index is 0.802. The van der Waals surface area contributed by atoms with Crippen LogP contribution in [0.5, 0.6) is 0 Å². The van der Waals surface area contributed by atoms with Gasteiger partial charge in [0.1, 0.15) is 28.6 Å². The summed E-state index contributed by atoms with van der Waals surface area (Å²) >= 11 is 8.33. The number of carbonyl (C=O) groups is 3. The van der Waals surface area contributed by atoms with Crippen LogP contribution in [0.25, 0.3) is 11.3 Å². The number of hydrogen-bond acceptors (Lipinski definition) is 16. The van der Waals surface area contributed by atoms with Crippen molar-refractivity contribution in [3.05, 3.63) is 83.2 Å². The highest BCUT2D eigenvalue weighted by Gasteiger charge is 2.43. The second kappa shape index (κ2) is 23.7. The molecule has 0 radical (unpaired) electrons. The zero-order valence-electron chi connectivity index (χ0n) is 43.7. The summed E-state index contributed by atoms with van der Waals surface area (Å²) in [7, 11) is 0. The maximum Gasteiger partial charge on any atom is 0.248 e. The highest BCUT2D eigenvalue weighted by atomic mass is 35.5. The third-order valence-electron chi connectivity index (χ3n) is 15.3. The fourth-order valence-electron chi connectivity index (χ4n) is 11.0. The van der Waals surface area contributed by atoms with Gasteiger partial charge in [-0.3, -0.25) is 19.1 Å². The first kappa shape index (κ1) is 54.1. The zero-order chi connectivity index (χ0) is 53.0. The summed E-state index contributed by atoms with van der Waals surface area (Å²) in [5.41, 5.74) is 10.2. The SMILES string of the molecule is CCn1nccc1-c1ccc([C@H](CN2CCC(C(=O)N3CCC(Nc4nccc(Sc5cnc(N6CCC(C)(N)CC6)c(CO)n5)c4Cl)CC3)CC2)NC(=O)[C@@H]2C[C@@H](O)CN2C(=O)[C@H](C(C)C)n2cc(C)nn2)cc1. The molecule has 4 saturated heterocycles. The van der Waals surface area contributed by atoms with Crippen molar-refractivity contribution in [3.8, 4) is 11.3 Å². The molecular formula is C53H72ClN15O5S. The number of likely N-dealkylation sites (tertiary alicyclic amines) is 3. The molecule has 4 fully saturated rings. The molecule has 20 nitrogen and oxygen atoms in total. The number of pyridine rings is 1. The lowest BCUT2D eigenvalue weighted by Gasteiger charge is -2.38. The third-order valence-corrected chi connectivity index (χ3v) is 16.8. The maximum absolute atomic E-state index is 14.5. The second-order valence-electron chi connectivity index (χ2n) is 21.3. The molecule has 0 spiro atoms. The lowest BCUT2D eigenvalue weighted by molar-refractivity contribution is -0.142. The fraction of sp³-hybridized carbons (Fsp3) is 0.566. The number of nitrogens with one attached hydrogen (secondary N) is 2. The van der Waals surface area contributed by atoms with Crippen molar-refractivity contribution in [3.63, 3.8) is 0 Å². The lowest BCUT2D eigenvalue weighted by atomic mass is 9.91. The van der Waals surface area contributed by atoms with E-state index >= 15 is 0 Å². The van der Waals surface area contributed by atoms with Gasteiger partial charge in [-0.1, -0.05) is 66.7 Å². The number of hydrogen-bond donors (Lipinski definition) is 5. The van der Waals surface area contributed by atoms with E-state index in [0.29, 0.717) is 78.6 Å². The molecule has 4 aromatic heterocycles. The van der Waals surface area contributed by atoms with Crippen molar-refractivity contribution in [1.29, 1.82) is 0 Å². The minimum Gasteiger partial charge on any atom is -0.391 e. The van der Waals surface area contributed by atoms with Crippen molar-refractivity contribution in [1.82, 2.24) is 59.7 Å². The van der Waals surface area contributed by atoms with E-state index in [2.05, 4.69) is 54.7 Å². The number of nitrogens with zero attached hydrogens (tertiary/aromatic N) is 12. The quantitative estimate of drug-likeness (QED) is 0.0814. The normalized spacial score (nSPS) is 20.6. The number of β-amino-alcohol motifs (C(OH)–C–C–N with tert-alkyl or cyclic N) is 1. The van der Waals surface area contributed by atoms with Gasteiger partial charge in [-0.15, -0.1) is 5.10 Å². The number of piperidine rings is 3. The van der Waals surface area contributed by atoms with Crippen molar-refractivity contribution >= 4 is 52.7 Å². The first-order chi connectivity index (χ1) is 36.1. The average molecular weight is 1070 g/mol. The van der Waals surface area contributed by atoms with E-state index < -0.39 is 24.2 Å². The summed E-state index contributed by atoms with van der Waals surface area (Å²) in [6.45, 7) is 14.9. The maximum atomic E-state index is 14.5. The largest absolute Gasteiger partial charge is 0.391 e. The summed E-state index contributed by atoms with van der Waals surface area (Å²) in [6.07, 6.45) is 10.8. The molecule has 9 rings (SSSR count). The molecule has 0 saturated carbocycles. The highest BCUT2D eigenvalue weighted by Crippen LogP contribution is 2.38. The predicted molar refractivity (Wildman–Crippen MR) is 287 cm³/mol. The number of aliphatic hydroxyl groups is 2. The van der Waals surface area contributed by atoms with E-state index in [4.69, 9.17) is 27.3 Å². The molecule has 4 atom stereocenters. The van der Waals surface area contributed by atoms with Gasteiger partial charge in [0, 0.05) is 93.2 Å². The molecule has 22 heteroatoms. The number of amides is 3. The summed E-state index contributed by atoms with van der Waals surface area (Å²) in [5, 5.41) is 41.8. The van der Waals surface area contributed by atoms with Gasteiger partial charge in [0.15, 0.2) is 5.82 Å². The Bertz CT molecular complexity index is 2770. The van der Waals surface area contributed by atoms with E-state index in [1.165, 1.54) is 16.7 Å². The molecule has 0 unspecified atom stereocenters. The van der Waals surface area contributed by atoms with Crippen LogP contribution in [0.15, 0.2) is 71.1 Å². The average Bonchev–Trinajstić information content (AvgIpc) is 4.17. The molecule has 1 aromatic carbocycles. The van der Waals surface area contributed by atoms with Crippen LogP contribution in [0.1, 0.15) is 102 Å². The molecule has 5 aromatic rings. The zero-order valence-corrected chi connectivity index (χ0v) is 45.3. The van der Waals surface area contributed by atoms with Crippen molar-refractivity contribution < 1.29 is 24.6 Å². The number of rotatable bonds is 17. The Morgan fingerprint density at radius 2 is 1.71 bits per heavy atom. The van der Waals surface area contributed by atoms with E-state index in [9.17, 15) is 24.6 Å². The fourth-order valence-corrected chi connectivity index (χ4v) is 12.1. The number of aliphatic hydroxyl groups excluding tert-OH is 2. The predicted octanol–water partition coefficient (Wildman–Crippen LogP) is 5.10. The summed E-state index contributed by atoms with van der Waals surface area (Å²) in [6, 6.07) is 10.1. The standard InChI is InChI=1S/C53H72ClN15O5S/c1-6-68-42(11-20-58-68)36-9-7-35(8-10-36)40(61-50(72)43-27-39(71)30-67(43)52(74)47(33(2)3)69-29-34(4)62-63-69)31-64-21-13-37(14-22-64)51(73)66-23-15-38(16-24-66)59-48-46(54)44(12-19-56-48)75-45-28-57-49(41(32-70)60-45)65-25-17-53(5,55)18-26-65/h7-12,19-20,28-29,33,37-40,43,47,70-71H,6,13-18,21-27,30-32,55H2,1-5H3,(H,56,59)(H,61,72)/t39-,40+,43+,47+/m1/s1. The van der Waals surface area contributed by atoms with Gasteiger partial charge in [0.25, 0.3) is 0 Å². The highest BCUT2D eigenvalue weighted by molar-refractivity contribution is 7.99. The summed E-state index contributed by atoms with van der Waals surface area (Å²) < 4.78 is 3.50. The van der Waals surface area contributed by atoms with Gasteiger partial charge >= 0.3 is 0 Å². The van der Waals surface area contributed by atoms with Gasteiger partial charge < -0.3 is 46.2 Å². The van der Waals surface area contributed by atoms with E-state index in [1.807, 2.05) is 66.8 Å². The van der Waals surface area contributed by atoms with E-state index in [-0.39, 0.29) is 60.7 Å². The monoisotopic (exact) mass is 1070 g/mol. The first-order valence-electron chi connectivity index (χ1n) is 26.5. The molecule has 8 heterocycles. The van der Waals surface area contributed by atoms with E-state index in [1.54, 1.807) is 29.5 Å². The smallest absolute Gasteiger partial charge is 0.248 e. The van der Waals surface area contributed by atoms with E-state index in [0.717, 1.165) is 67.0 Å². The Hall–Kier alpha value is -5.71. The lowest BCUT2D eigenvalue weighted by Crippen LogP contribution is -2.51. The van der Waals surface area contributed by atoms with Crippen LogP contribution in [-0.4, -0.2) is 158 Å². The van der Waals surface area contributed by atoms with Crippen LogP contribution >= 0.6 is 23.4 Å². The molecule has 3 amide bonds. The Morgan fingerprint density at radius 3 is 2.37 bits per heavy atom. The number of carbonyl (C=O) groups excluding carboxylic acids is 3. The topological polar surface area (TPSA) is 242 Å². The van der Waals surface area contributed by atoms with Crippen molar-refractivity contribution in [2.45, 2.75) is 138 Å². The Kier molecular flexibility index (Phi) is 17.1. The van der Waals surface area contributed by atoms with Crippen LogP contribution in [0, 0.1) is 18.8 Å². The molecule has 4 aliphatic rings. The molecule has 75 heavy (non-hydrogen) atoms. The molecule has 0 aliphatic carbocycles.